The number of nitrogens with zero attached hydrogens (tertiary/aromatic N) is 2. The Labute approximate surface area is 207 Å². The third-order valence-electron chi connectivity index (χ3n) is 6.42. The van der Waals surface area contributed by atoms with Gasteiger partial charge < -0.3 is 24.6 Å². The van der Waals surface area contributed by atoms with Crippen LogP contribution in [0.25, 0.3) is 0 Å². The fraction of sp³-hybridized carbons (Fsp3) is 0.308. The summed E-state index contributed by atoms with van der Waals surface area (Å²) in [7, 11) is 1.52. The summed E-state index contributed by atoms with van der Waals surface area (Å²) in [6.07, 6.45) is 0. The highest BCUT2D eigenvalue weighted by molar-refractivity contribution is 6.10. The second kappa shape index (κ2) is 9.36. The van der Waals surface area contributed by atoms with E-state index in [0.717, 1.165) is 5.56 Å². The molecule has 2 fully saturated rings. The molecule has 0 aromatic heterocycles. The number of benzene rings is 2. The lowest BCUT2D eigenvalue weighted by molar-refractivity contribution is -0.122. The summed E-state index contributed by atoms with van der Waals surface area (Å²) >= 11 is 0. The van der Waals surface area contributed by atoms with Crippen molar-refractivity contribution < 1.29 is 28.7 Å². The molecule has 2 aromatic rings. The largest absolute Gasteiger partial charge is 0.497 e. The minimum Gasteiger partial charge on any atom is -0.497 e. The molecule has 0 aliphatic carbocycles. The van der Waals surface area contributed by atoms with Crippen LogP contribution in [0.4, 0.5) is 4.79 Å². The Hall–Kier alpha value is -4.36. The fourth-order valence-corrected chi connectivity index (χ4v) is 4.44. The SMILES string of the molecule is COc1ccc2c(c1)C(=O)N(C[C@@]1(C#Cc3ccc(C(=O)N4CCOCC4)cc3)NC(=O)NC1=O)C2. The van der Waals surface area contributed by atoms with Crippen LogP contribution in [0.15, 0.2) is 42.5 Å². The number of imide groups is 1. The average Bonchev–Trinajstić information content (AvgIpc) is 3.36. The van der Waals surface area contributed by atoms with E-state index in [1.165, 1.54) is 12.0 Å². The molecule has 3 heterocycles. The predicted molar refractivity (Wildman–Crippen MR) is 127 cm³/mol. The third-order valence-corrected chi connectivity index (χ3v) is 6.42. The number of morpholine rings is 1. The summed E-state index contributed by atoms with van der Waals surface area (Å²) in [5, 5.41) is 4.82. The van der Waals surface area contributed by atoms with Crippen molar-refractivity contribution in [1.29, 1.82) is 0 Å². The summed E-state index contributed by atoms with van der Waals surface area (Å²) in [6, 6.07) is 11.3. The van der Waals surface area contributed by atoms with Gasteiger partial charge in [0.25, 0.3) is 17.7 Å². The van der Waals surface area contributed by atoms with E-state index in [-0.39, 0.29) is 24.9 Å². The molecule has 0 radical (unpaired) electrons. The molecule has 0 saturated carbocycles. The molecule has 0 unspecified atom stereocenters. The maximum absolute atomic E-state index is 13.0. The van der Waals surface area contributed by atoms with Gasteiger partial charge in [-0.15, -0.1) is 0 Å². The number of fused-ring (bicyclic) bond motifs is 1. The van der Waals surface area contributed by atoms with Gasteiger partial charge in [0.2, 0.25) is 5.54 Å². The lowest BCUT2D eigenvalue weighted by atomic mass is 9.99. The highest BCUT2D eigenvalue weighted by atomic mass is 16.5. The van der Waals surface area contributed by atoms with Crippen LogP contribution in [0, 0.1) is 11.8 Å². The lowest BCUT2D eigenvalue weighted by Gasteiger charge is -2.27. The zero-order valence-corrected chi connectivity index (χ0v) is 19.6. The van der Waals surface area contributed by atoms with Crippen LogP contribution in [0.3, 0.4) is 0 Å². The number of methoxy groups -OCH3 is 1. The summed E-state index contributed by atoms with van der Waals surface area (Å²) in [5.41, 5.74) is 0.765. The molecule has 0 bridgehead atoms. The standard InChI is InChI=1S/C26H24N4O6/c1-35-20-7-6-19-15-30(23(32)21(19)14-20)16-26(24(33)27-25(34)28-26)9-8-17-2-4-18(5-3-17)22(31)29-10-12-36-13-11-29/h2-7,14H,10-13,15-16H2,1H3,(H2,27,28,33,34)/t26-/m1/s1. The van der Waals surface area contributed by atoms with Crippen molar-refractivity contribution in [1.82, 2.24) is 20.4 Å². The van der Waals surface area contributed by atoms with Gasteiger partial charge in [-0.05, 0) is 42.0 Å². The molecule has 3 aliphatic rings. The molecule has 3 aliphatic heterocycles. The minimum atomic E-state index is -1.61. The van der Waals surface area contributed by atoms with Crippen LogP contribution in [0.5, 0.6) is 5.75 Å². The molecule has 2 N–H and O–H groups in total. The van der Waals surface area contributed by atoms with E-state index in [1.807, 2.05) is 0 Å². The van der Waals surface area contributed by atoms with Crippen LogP contribution in [-0.4, -0.2) is 79.0 Å². The molecule has 5 amide bonds. The van der Waals surface area contributed by atoms with Crippen molar-refractivity contribution in [3.05, 3.63) is 64.7 Å². The molecule has 0 spiro atoms. The number of ether oxygens (including phenoxy) is 2. The smallest absolute Gasteiger partial charge is 0.323 e. The number of carbonyl (C=O) groups excluding carboxylic acids is 4. The first kappa shape index (κ1) is 23.4. The van der Waals surface area contributed by atoms with Crippen molar-refractivity contribution in [3.8, 4) is 17.6 Å². The molecule has 184 valence electrons. The topological polar surface area (TPSA) is 117 Å². The van der Waals surface area contributed by atoms with Crippen molar-refractivity contribution in [2.45, 2.75) is 12.1 Å². The zero-order valence-electron chi connectivity index (χ0n) is 19.6. The van der Waals surface area contributed by atoms with E-state index >= 15 is 0 Å². The second-order valence-corrected chi connectivity index (χ2v) is 8.73. The van der Waals surface area contributed by atoms with Gasteiger partial charge >= 0.3 is 6.03 Å². The van der Waals surface area contributed by atoms with Gasteiger partial charge in [-0.1, -0.05) is 17.9 Å². The first-order valence-corrected chi connectivity index (χ1v) is 11.5. The van der Waals surface area contributed by atoms with E-state index in [0.29, 0.717) is 48.7 Å². The summed E-state index contributed by atoms with van der Waals surface area (Å²) in [5.74, 6) is 5.38. The van der Waals surface area contributed by atoms with E-state index < -0.39 is 17.5 Å². The van der Waals surface area contributed by atoms with Gasteiger partial charge in [0, 0.05) is 36.3 Å². The van der Waals surface area contributed by atoms with Crippen molar-refractivity contribution in [2.24, 2.45) is 0 Å². The Morgan fingerprint density at radius 1 is 1.11 bits per heavy atom. The number of nitrogens with one attached hydrogen (secondary N) is 2. The number of hydrogen-bond donors (Lipinski definition) is 2. The highest BCUT2D eigenvalue weighted by Gasteiger charge is 2.48. The monoisotopic (exact) mass is 488 g/mol. The van der Waals surface area contributed by atoms with E-state index in [1.54, 1.807) is 47.4 Å². The lowest BCUT2D eigenvalue weighted by Crippen LogP contribution is -2.54. The third kappa shape index (κ3) is 4.36. The summed E-state index contributed by atoms with van der Waals surface area (Å²) in [4.78, 5) is 53.7. The van der Waals surface area contributed by atoms with Crippen LogP contribution < -0.4 is 15.4 Å². The summed E-state index contributed by atoms with van der Waals surface area (Å²) in [6.45, 7) is 2.28. The van der Waals surface area contributed by atoms with Gasteiger partial charge in [-0.25, -0.2) is 4.79 Å². The number of carbonyl (C=O) groups is 4. The van der Waals surface area contributed by atoms with Crippen molar-refractivity contribution in [3.63, 3.8) is 0 Å². The fourth-order valence-electron chi connectivity index (χ4n) is 4.44. The van der Waals surface area contributed by atoms with Crippen molar-refractivity contribution in [2.75, 3.05) is 40.0 Å². The van der Waals surface area contributed by atoms with Crippen LogP contribution in [0.1, 0.15) is 31.8 Å². The Morgan fingerprint density at radius 3 is 2.53 bits per heavy atom. The van der Waals surface area contributed by atoms with Gasteiger partial charge in [-0.2, -0.15) is 0 Å². The minimum absolute atomic E-state index is 0.0829. The highest BCUT2D eigenvalue weighted by Crippen LogP contribution is 2.28. The second-order valence-electron chi connectivity index (χ2n) is 8.73. The first-order valence-electron chi connectivity index (χ1n) is 11.5. The Kier molecular flexibility index (Phi) is 6.08. The van der Waals surface area contributed by atoms with Crippen LogP contribution >= 0.6 is 0 Å². The Bertz CT molecular complexity index is 1310. The Morgan fingerprint density at radius 2 is 1.86 bits per heavy atom. The predicted octanol–water partition coefficient (Wildman–Crippen LogP) is 0.753. The molecule has 10 nitrogen and oxygen atoms in total. The molecule has 10 heteroatoms. The molecule has 1 atom stereocenters. The van der Waals surface area contributed by atoms with E-state index in [4.69, 9.17) is 9.47 Å². The maximum Gasteiger partial charge on any atom is 0.323 e. The summed E-state index contributed by atoms with van der Waals surface area (Å²) < 4.78 is 10.5. The average molecular weight is 489 g/mol. The van der Waals surface area contributed by atoms with E-state index in [9.17, 15) is 19.2 Å². The maximum atomic E-state index is 13.0. The number of urea groups is 1. The zero-order chi connectivity index (χ0) is 25.3. The number of hydrogen-bond acceptors (Lipinski definition) is 6. The molecule has 5 rings (SSSR count). The van der Waals surface area contributed by atoms with Gasteiger partial charge in [-0.3, -0.25) is 19.7 Å². The molecule has 36 heavy (non-hydrogen) atoms. The molecule has 2 saturated heterocycles. The number of amides is 5. The normalized spacial score (nSPS) is 20.9. The Balaban J connectivity index is 1.36. The van der Waals surface area contributed by atoms with Gasteiger partial charge in [0.05, 0.1) is 26.9 Å². The number of rotatable bonds is 4. The van der Waals surface area contributed by atoms with Crippen molar-refractivity contribution >= 4 is 23.8 Å². The van der Waals surface area contributed by atoms with Crippen LogP contribution in [0.2, 0.25) is 0 Å². The first-order chi connectivity index (χ1) is 17.4. The van der Waals surface area contributed by atoms with Crippen LogP contribution in [-0.2, 0) is 16.1 Å². The van der Waals surface area contributed by atoms with Gasteiger partial charge in [0.1, 0.15) is 5.75 Å². The molecular weight excluding hydrogens is 464 g/mol. The van der Waals surface area contributed by atoms with Gasteiger partial charge in [0.15, 0.2) is 0 Å². The quantitative estimate of drug-likeness (QED) is 0.485. The molecule has 2 aromatic carbocycles. The van der Waals surface area contributed by atoms with E-state index in [2.05, 4.69) is 22.5 Å². The molecular formula is C26H24N4O6.